The number of piperazine rings is 1. The third-order valence-corrected chi connectivity index (χ3v) is 11.1. The van der Waals surface area contributed by atoms with E-state index in [0.29, 0.717) is 18.0 Å². The molecule has 2 atom stereocenters. The summed E-state index contributed by atoms with van der Waals surface area (Å²) in [6, 6.07) is 22.9. The van der Waals surface area contributed by atoms with Crippen molar-refractivity contribution in [2.45, 2.75) is 30.3 Å². The third-order valence-electron chi connectivity index (χ3n) is 8.08. The average Bonchev–Trinajstić information content (AvgIpc) is 3.45. The maximum absolute atomic E-state index is 13.6. The topological polar surface area (TPSA) is 70.2 Å². The van der Waals surface area contributed by atoms with E-state index in [1.54, 1.807) is 34.9 Å². The summed E-state index contributed by atoms with van der Waals surface area (Å²) in [7, 11) is -2.02. The highest BCUT2D eigenvalue weighted by Gasteiger charge is 2.37. The summed E-state index contributed by atoms with van der Waals surface area (Å²) in [5, 5.41) is 4.03. The molecule has 6 rings (SSSR count). The van der Waals surface area contributed by atoms with E-state index in [2.05, 4.69) is 28.5 Å². The molecule has 1 saturated heterocycles. The molecule has 3 aromatic carbocycles. The molecule has 2 aliphatic rings. The first-order valence-corrected chi connectivity index (χ1v) is 15.9. The molecule has 4 aromatic rings. The lowest BCUT2D eigenvalue weighted by Crippen LogP contribution is -2.57. The molecule has 9 heteroatoms. The van der Waals surface area contributed by atoms with Crippen molar-refractivity contribution in [3.63, 3.8) is 0 Å². The number of benzene rings is 3. The van der Waals surface area contributed by atoms with Crippen LogP contribution in [0.15, 0.2) is 83.1 Å². The lowest BCUT2D eigenvalue weighted by atomic mass is 9.93. The number of methoxy groups -OCH3 is 1. The zero-order chi connectivity index (χ0) is 27.9. The number of fused-ring (bicyclic) bond motifs is 2. The van der Waals surface area contributed by atoms with E-state index in [9.17, 15) is 13.2 Å². The van der Waals surface area contributed by atoms with E-state index < -0.39 is 10.0 Å². The van der Waals surface area contributed by atoms with E-state index in [0.717, 1.165) is 35.1 Å². The highest BCUT2D eigenvalue weighted by Crippen LogP contribution is 2.38. The maximum atomic E-state index is 13.6. The van der Waals surface area contributed by atoms with Crippen molar-refractivity contribution in [3.05, 3.63) is 94.2 Å². The van der Waals surface area contributed by atoms with Gasteiger partial charge in [0.05, 0.1) is 24.6 Å². The van der Waals surface area contributed by atoms with E-state index in [4.69, 9.17) is 4.74 Å². The first kappa shape index (κ1) is 27.0. The molecule has 0 spiro atoms. The van der Waals surface area contributed by atoms with Crippen molar-refractivity contribution in [1.29, 1.82) is 0 Å². The van der Waals surface area contributed by atoms with Gasteiger partial charge in [0.15, 0.2) is 0 Å². The Morgan fingerprint density at radius 1 is 0.975 bits per heavy atom. The monoisotopic (exact) mass is 575 g/mol. The SMILES string of the molecule is COc1ccc([C@H]2c3ccsc3CCN2CC(=O)N2CCN(S(=O)(=O)c3ccc4ccccc4c3)[C@@H](C)C2)cc1. The van der Waals surface area contributed by atoms with Crippen LogP contribution in [0, 0.1) is 0 Å². The van der Waals surface area contributed by atoms with Crippen LogP contribution < -0.4 is 4.74 Å². The van der Waals surface area contributed by atoms with Crippen LogP contribution in [0.5, 0.6) is 5.75 Å². The van der Waals surface area contributed by atoms with E-state index in [1.807, 2.05) is 54.3 Å². The van der Waals surface area contributed by atoms with Gasteiger partial charge in [-0.3, -0.25) is 9.69 Å². The Morgan fingerprint density at radius 3 is 2.50 bits per heavy atom. The summed E-state index contributed by atoms with van der Waals surface area (Å²) >= 11 is 1.77. The zero-order valence-corrected chi connectivity index (χ0v) is 24.3. The Labute approximate surface area is 239 Å². The lowest BCUT2D eigenvalue weighted by Gasteiger charge is -2.41. The summed E-state index contributed by atoms with van der Waals surface area (Å²) in [5.74, 6) is 0.838. The maximum Gasteiger partial charge on any atom is 0.243 e. The Balaban J connectivity index is 1.17. The van der Waals surface area contributed by atoms with Crippen LogP contribution in [-0.4, -0.2) is 74.3 Å². The fourth-order valence-electron chi connectivity index (χ4n) is 5.98. The molecule has 3 heterocycles. The van der Waals surface area contributed by atoms with Crippen molar-refractivity contribution in [3.8, 4) is 5.75 Å². The Morgan fingerprint density at radius 2 is 1.75 bits per heavy atom. The molecule has 1 amide bonds. The number of carbonyl (C=O) groups excluding carboxylic acids is 1. The molecule has 0 N–H and O–H groups in total. The van der Waals surface area contributed by atoms with Gasteiger partial charge in [0, 0.05) is 37.1 Å². The molecular weight excluding hydrogens is 542 g/mol. The highest BCUT2D eigenvalue weighted by molar-refractivity contribution is 7.89. The number of rotatable bonds is 6. The zero-order valence-electron chi connectivity index (χ0n) is 22.7. The molecule has 0 bridgehead atoms. The fraction of sp³-hybridized carbons (Fsp3) is 0.323. The van der Waals surface area contributed by atoms with Crippen LogP contribution >= 0.6 is 11.3 Å². The molecule has 2 aliphatic heterocycles. The minimum atomic E-state index is -3.68. The summed E-state index contributed by atoms with van der Waals surface area (Å²) in [5.41, 5.74) is 2.39. The van der Waals surface area contributed by atoms with Gasteiger partial charge in [0.2, 0.25) is 15.9 Å². The van der Waals surface area contributed by atoms with Gasteiger partial charge in [-0.25, -0.2) is 8.42 Å². The second-order valence-electron chi connectivity index (χ2n) is 10.5. The second-order valence-corrected chi connectivity index (χ2v) is 13.4. The van der Waals surface area contributed by atoms with E-state index in [-0.39, 0.29) is 31.1 Å². The smallest absolute Gasteiger partial charge is 0.243 e. The van der Waals surface area contributed by atoms with Crippen molar-refractivity contribution in [2.24, 2.45) is 0 Å². The van der Waals surface area contributed by atoms with Gasteiger partial charge in [-0.2, -0.15) is 4.31 Å². The van der Waals surface area contributed by atoms with Gasteiger partial charge < -0.3 is 9.64 Å². The van der Waals surface area contributed by atoms with Gasteiger partial charge in [0.25, 0.3) is 0 Å². The number of carbonyl (C=O) groups is 1. The number of thiophene rings is 1. The first-order valence-electron chi connectivity index (χ1n) is 13.6. The summed E-state index contributed by atoms with van der Waals surface area (Å²) in [6.07, 6.45) is 0.918. The van der Waals surface area contributed by atoms with Crippen molar-refractivity contribution >= 4 is 38.0 Å². The predicted molar refractivity (Wildman–Crippen MR) is 158 cm³/mol. The van der Waals surface area contributed by atoms with Gasteiger partial charge in [-0.15, -0.1) is 11.3 Å². The van der Waals surface area contributed by atoms with Crippen LogP contribution in [-0.2, 0) is 21.2 Å². The number of nitrogens with zero attached hydrogens (tertiary/aromatic N) is 3. The first-order chi connectivity index (χ1) is 19.3. The Hall–Kier alpha value is -3.24. The number of ether oxygens (including phenoxy) is 1. The molecular formula is C31H33N3O4S2. The standard InChI is InChI=1S/C31H33N3O4S2/c1-22-20-32(16-17-34(22)40(36,37)27-12-9-23-5-3-4-6-25(23)19-27)30(35)21-33-15-13-29-28(14-18-39-29)31(33)24-7-10-26(38-2)11-8-24/h3-12,14,18-19,22,31H,13,15-17,20-21H2,1-2H3/t22-,31-/m0/s1. The molecule has 208 valence electrons. The number of amides is 1. The van der Waals surface area contributed by atoms with Crippen LogP contribution in [0.25, 0.3) is 10.8 Å². The largest absolute Gasteiger partial charge is 0.497 e. The normalized spacial score (nSPS) is 20.4. The van der Waals surface area contributed by atoms with Crippen LogP contribution in [0.2, 0.25) is 0 Å². The number of sulfonamides is 1. The Kier molecular flexibility index (Phi) is 7.39. The second kappa shape index (κ2) is 11.0. The van der Waals surface area contributed by atoms with Crippen LogP contribution in [0.3, 0.4) is 0 Å². The molecule has 1 aromatic heterocycles. The van der Waals surface area contributed by atoms with Gasteiger partial charge >= 0.3 is 0 Å². The highest BCUT2D eigenvalue weighted by atomic mass is 32.2. The van der Waals surface area contributed by atoms with Gasteiger partial charge in [-0.1, -0.05) is 42.5 Å². The minimum Gasteiger partial charge on any atom is -0.497 e. The Bertz CT molecular complexity index is 1630. The number of hydrogen-bond acceptors (Lipinski definition) is 6. The molecule has 0 unspecified atom stereocenters. The fourth-order valence-corrected chi connectivity index (χ4v) is 8.53. The molecule has 7 nitrogen and oxygen atoms in total. The van der Waals surface area contributed by atoms with E-state index >= 15 is 0 Å². The molecule has 0 radical (unpaired) electrons. The molecule has 1 fully saturated rings. The molecule has 40 heavy (non-hydrogen) atoms. The minimum absolute atomic E-state index is 0.00292. The summed E-state index contributed by atoms with van der Waals surface area (Å²) < 4.78 is 34.0. The summed E-state index contributed by atoms with van der Waals surface area (Å²) in [4.78, 5) is 19.3. The predicted octanol–water partition coefficient (Wildman–Crippen LogP) is 4.78. The van der Waals surface area contributed by atoms with Crippen molar-refractivity contribution in [1.82, 2.24) is 14.1 Å². The van der Waals surface area contributed by atoms with Crippen molar-refractivity contribution in [2.75, 3.05) is 39.8 Å². The average molecular weight is 576 g/mol. The third kappa shape index (κ3) is 5.03. The molecule has 0 saturated carbocycles. The van der Waals surface area contributed by atoms with Gasteiger partial charge in [0.1, 0.15) is 5.75 Å². The number of hydrogen-bond donors (Lipinski definition) is 0. The van der Waals surface area contributed by atoms with Crippen LogP contribution in [0.4, 0.5) is 0 Å². The van der Waals surface area contributed by atoms with Gasteiger partial charge in [-0.05, 0) is 71.0 Å². The lowest BCUT2D eigenvalue weighted by molar-refractivity contribution is -0.135. The quantitative estimate of drug-likeness (QED) is 0.331. The summed E-state index contributed by atoms with van der Waals surface area (Å²) in [6.45, 7) is 3.99. The van der Waals surface area contributed by atoms with E-state index in [1.165, 1.54) is 10.4 Å². The molecule has 0 aliphatic carbocycles. The van der Waals surface area contributed by atoms with Crippen molar-refractivity contribution < 1.29 is 17.9 Å². The van der Waals surface area contributed by atoms with Crippen LogP contribution in [0.1, 0.15) is 29.0 Å².